The predicted octanol–water partition coefficient (Wildman–Crippen LogP) is 5.97. The SMILES string of the molecule is COCCN(c1ccc2[nH]cc(-c3ccccc3)c2c1)S(=O)(=O)c1ccc(C(C)(C)C)cc1. The molecule has 3 aromatic carbocycles. The van der Waals surface area contributed by atoms with E-state index in [0.29, 0.717) is 5.69 Å². The Morgan fingerprint density at radius 3 is 2.27 bits per heavy atom. The Morgan fingerprint density at radius 1 is 0.939 bits per heavy atom. The highest BCUT2D eigenvalue weighted by molar-refractivity contribution is 7.92. The number of rotatable bonds is 7. The third-order valence-corrected chi connectivity index (χ3v) is 7.69. The third-order valence-electron chi connectivity index (χ3n) is 5.84. The van der Waals surface area contributed by atoms with Crippen molar-refractivity contribution in [3.05, 3.63) is 84.6 Å². The molecular formula is C27H30N2O3S. The van der Waals surface area contributed by atoms with Crippen LogP contribution in [0.3, 0.4) is 0 Å². The second-order valence-corrected chi connectivity index (χ2v) is 11.0. The highest BCUT2D eigenvalue weighted by Gasteiger charge is 2.26. The molecule has 0 unspecified atom stereocenters. The molecule has 1 aromatic heterocycles. The Balaban J connectivity index is 1.78. The molecule has 0 aliphatic heterocycles. The minimum Gasteiger partial charge on any atom is -0.383 e. The van der Waals surface area contributed by atoms with Crippen LogP contribution in [-0.4, -0.2) is 33.7 Å². The van der Waals surface area contributed by atoms with Crippen molar-refractivity contribution in [2.45, 2.75) is 31.1 Å². The van der Waals surface area contributed by atoms with Crippen LogP contribution in [0.25, 0.3) is 22.0 Å². The lowest BCUT2D eigenvalue weighted by Crippen LogP contribution is -2.34. The van der Waals surface area contributed by atoms with E-state index in [1.54, 1.807) is 19.2 Å². The topological polar surface area (TPSA) is 62.4 Å². The van der Waals surface area contributed by atoms with Crippen LogP contribution < -0.4 is 4.31 Å². The zero-order valence-electron chi connectivity index (χ0n) is 19.5. The lowest BCUT2D eigenvalue weighted by atomic mass is 9.87. The number of nitrogens with one attached hydrogen (secondary N) is 1. The number of fused-ring (bicyclic) bond motifs is 1. The van der Waals surface area contributed by atoms with Gasteiger partial charge in [-0.15, -0.1) is 0 Å². The Labute approximate surface area is 196 Å². The Morgan fingerprint density at radius 2 is 1.64 bits per heavy atom. The van der Waals surface area contributed by atoms with E-state index in [9.17, 15) is 8.42 Å². The summed E-state index contributed by atoms with van der Waals surface area (Å²) in [5.74, 6) is 0. The lowest BCUT2D eigenvalue weighted by Gasteiger charge is -2.25. The molecule has 4 aromatic rings. The van der Waals surface area contributed by atoms with E-state index in [0.717, 1.165) is 27.6 Å². The fourth-order valence-electron chi connectivity index (χ4n) is 3.94. The van der Waals surface area contributed by atoms with Crippen molar-refractivity contribution in [3.63, 3.8) is 0 Å². The van der Waals surface area contributed by atoms with Crippen LogP contribution in [0.5, 0.6) is 0 Å². The highest BCUT2D eigenvalue weighted by Crippen LogP contribution is 2.33. The van der Waals surface area contributed by atoms with Crippen LogP contribution in [-0.2, 0) is 20.2 Å². The first kappa shape index (κ1) is 23.1. The van der Waals surface area contributed by atoms with Gasteiger partial charge in [-0.25, -0.2) is 8.42 Å². The molecule has 0 aliphatic rings. The van der Waals surface area contributed by atoms with Gasteiger partial charge in [0.1, 0.15) is 0 Å². The van der Waals surface area contributed by atoms with E-state index < -0.39 is 10.0 Å². The number of anilines is 1. The molecule has 1 N–H and O–H groups in total. The van der Waals surface area contributed by atoms with Gasteiger partial charge in [0, 0.05) is 29.8 Å². The van der Waals surface area contributed by atoms with Crippen molar-refractivity contribution in [2.24, 2.45) is 0 Å². The summed E-state index contributed by atoms with van der Waals surface area (Å²) in [6.45, 7) is 6.83. The second kappa shape index (κ2) is 9.04. The van der Waals surface area contributed by atoms with Crippen molar-refractivity contribution in [1.82, 2.24) is 4.98 Å². The number of aromatic nitrogens is 1. The van der Waals surface area contributed by atoms with Crippen molar-refractivity contribution in [3.8, 4) is 11.1 Å². The van der Waals surface area contributed by atoms with Crippen LogP contribution in [0.2, 0.25) is 0 Å². The third kappa shape index (κ3) is 4.68. The molecule has 0 aliphatic carbocycles. The molecule has 0 fully saturated rings. The Hall–Kier alpha value is -3.09. The van der Waals surface area contributed by atoms with Gasteiger partial charge in [-0.2, -0.15) is 0 Å². The summed E-state index contributed by atoms with van der Waals surface area (Å²) >= 11 is 0. The fraction of sp³-hybridized carbons (Fsp3) is 0.259. The van der Waals surface area contributed by atoms with E-state index in [1.165, 1.54) is 4.31 Å². The molecule has 172 valence electrons. The molecule has 0 bridgehead atoms. The Bertz CT molecular complexity index is 1340. The maximum absolute atomic E-state index is 13.7. The predicted molar refractivity (Wildman–Crippen MR) is 135 cm³/mol. The number of hydrogen-bond acceptors (Lipinski definition) is 3. The molecule has 33 heavy (non-hydrogen) atoms. The molecule has 0 radical (unpaired) electrons. The molecule has 6 heteroatoms. The average molecular weight is 463 g/mol. The summed E-state index contributed by atoms with van der Waals surface area (Å²) in [5, 5.41) is 0.972. The van der Waals surface area contributed by atoms with Crippen molar-refractivity contribution in [1.29, 1.82) is 0 Å². The zero-order chi connectivity index (χ0) is 23.6. The van der Waals surface area contributed by atoms with Gasteiger partial charge in [-0.05, 0) is 46.9 Å². The smallest absolute Gasteiger partial charge is 0.264 e. The first-order chi connectivity index (χ1) is 15.7. The van der Waals surface area contributed by atoms with E-state index >= 15 is 0 Å². The summed E-state index contributed by atoms with van der Waals surface area (Å²) in [5.41, 5.74) is 4.71. The first-order valence-corrected chi connectivity index (χ1v) is 12.4. The van der Waals surface area contributed by atoms with Gasteiger partial charge in [0.2, 0.25) is 0 Å². The number of H-pyrrole nitrogens is 1. The molecule has 1 heterocycles. The maximum Gasteiger partial charge on any atom is 0.264 e. The summed E-state index contributed by atoms with van der Waals surface area (Å²) in [7, 11) is -2.20. The lowest BCUT2D eigenvalue weighted by molar-refractivity contribution is 0.208. The molecule has 0 amide bonds. The summed E-state index contributed by atoms with van der Waals surface area (Å²) in [6.07, 6.45) is 1.96. The van der Waals surface area contributed by atoms with Gasteiger partial charge in [-0.1, -0.05) is 63.2 Å². The molecule has 0 saturated heterocycles. The Kier molecular flexibility index (Phi) is 6.32. The minimum atomic E-state index is -3.77. The molecule has 0 atom stereocenters. The number of benzene rings is 3. The van der Waals surface area contributed by atoms with Gasteiger partial charge in [0.15, 0.2) is 0 Å². The molecule has 4 rings (SSSR count). The molecule has 5 nitrogen and oxygen atoms in total. The zero-order valence-corrected chi connectivity index (χ0v) is 20.3. The molecule has 0 saturated carbocycles. The monoisotopic (exact) mass is 462 g/mol. The van der Waals surface area contributed by atoms with Gasteiger partial charge in [0.05, 0.1) is 23.7 Å². The maximum atomic E-state index is 13.7. The van der Waals surface area contributed by atoms with Crippen LogP contribution >= 0.6 is 0 Å². The van der Waals surface area contributed by atoms with Gasteiger partial charge in [0.25, 0.3) is 10.0 Å². The fourth-order valence-corrected chi connectivity index (χ4v) is 5.38. The molecular weight excluding hydrogens is 432 g/mol. The second-order valence-electron chi connectivity index (χ2n) is 9.14. The average Bonchev–Trinajstić information content (AvgIpc) is 3.23. The number of hydrogen-bond donors (Lipinski definition) is 1. The quantitative estimate of drug-likeness (QED) is 0.368. The minimum absolute atomic E-state index is 0.0504. The number of aromatic amines is 1. The first-order valence-electron chi connectivity index (χ1n) is 11.0. The van der Waals surface area contributed by atoms with Crippen LogP contribution in [0, 0.1) is 0 Å². The van der Waals surface area contributed by atoms with Crippen molar-refractivity contribution < 1.29 is 13.2 Å². The van der Waals surface area contributed by atoms with E-state index in [-0.39, 0.29) is 23.5 Å². The summed E-state index contributed by atoms with van der Waals surface area (Å²) in [6, 6.07) is 22.9. The number of ether oxygens (including phenoxy) is 1. The van der Waals surface area contributed by atoms with Crippen LogP contribution in [0.4, 0.5) is 5.69 Å². The molecule has 0 spiro atoms. The van der Waals surface area contributed by atoms with Crippen LogP contribution in [0.15, 0.2) is 83.9 Å². The standard InChI is InChI=1S/C27H30N2O3S/c1-27(2,3)21-10-13-23(14-11-21)33(30,31)29(16-17-32-4)22-12-15-26-24(18-22)25(19-28-26)20-8-6-5-7-9-20/h5-15,18-19,28H,16-17H2,1-4H3. The number of sulfonamides is 1. The highest BCUT2D eigenvalue weighted by atomic mass is 32.2. The number of methoxy groups -OCH3 is 1. The number of nitrogens with zero attached hydrogens (tertiary/aromatic N) is 1. The normalized spacial score (nSPS) is 12.2. The van der Waals surface area contributed by atoms with Crippen LogP contribution in [0.1, 0.15) is 26.3 Å². The van der Waals surface area contributed by atoms with E-state index in [4.69, 9.17) is 4.74 Å². The summed E-state index contributed by atoms with van der Waals surface area (Å²) in [4.78, 5) is 3.56. The van der Waals surface area contributed by atoms with E-state index in [1.807, 2.05) is 66.9 Å². The largest absolute Gasteiger partial charge is 0.383 e. The van der Waals surface area contributed by atoms with Gasteiger partial charge in [-0.3, -0.25) is 4.31 Å². The van der Waals surface area contributed by atoms with E-state index in [2.05, 4.69) is 25.8 Å². The van der Waals surface area contributed by atoms with Gasteiger partial charge < -0.3 is 9.72 Å². The van der Waals surface area contributed by atoms with Crippen molar-refractivity contribution >= 4 is 26.6 Å². The summed E-state index contributed by atoms with van der Waals surface area (Å²) < 4.78 is 34.1. The van der Waals surface area contributed by atoms with Crippen molar-refractivity contribution in [2.75, 3.05) is 24.6 Å². The van der Waals surface area contributed by atoms with Gasteiger partial charge >= 0.3 is 0 Å².